The van der Waals surface area contributed by atoms with Gasteiger partial charge in [-0.1, -0.05) is 49.7 Å². The zero-order chi connectivity index (χ0) is 13.0. The highest BCUT2D eigenvalue weighted by molar-refractivity contribution is 7.22. The number of nitrogens with one attached hydrogen (secondary N) is 1. The molecule has 0 spiro atoms. The van der Waals surface area contributed by atoms with Crippen LogP contribution in [0.4, 0.5) is 5.13 Å². The molecule has 1 heterocycles. The fraction of sp³-hybridized carbons (Fsp3) is 0.533. The number of benzene rings is 1. The van der Waals surface area contributed by atoms with Gasteiger partial charge >= 0.3 is 0 Å². The molecule has 0 saturated heterocycles. The Labute approximate surface area is 113 Å². The molecule has 0 aliphatic carbocycles. The Morgan fingerprint density at radius 3 is 2.89 bits per heavy atom. The standard InChI is InChI=1S/C15H22N2S/c1-4-5-6-9-12(3)16-15-17-14-11(2)8-7-10-13(14)18-15/h7-8,10,12H,4-6,9H2,1-3H3,(H,16,17). The van der Waals surface area contributed by atoms with E-state index in [9.17, 15) is 0 Å². The monoisotopic (exact) mass is 262 g/mol. The minimum absolute atomic E-state index is 0.511. The minimum Gasteiger partial charge on any atom is -0.359 e. The highest BCUT2D eigenvalue weighted by atomic mass is 32.1. The number of anilines is 1. The van der Waals surface area contributed by atoms with Gasteiger partial charge in [0.15, 0.2) is 5.13 Å². The highest BCUT2D eigenvalue weighted by Gasteiger charge is 2.08. The van der Waals surface area contributed by atoms with E-state index in [0.29, 0.717) is 6.04 Å². The summed E-state index contributed by atoms with van der Waals surface area (Å²) in [6.45, 7) is 6.61. The van der Waals surface area contributed by atoms with E-state index in [-0.39, 0.29) is 0 Å². The van der Waals surface area contributed by atoms with Crippen molar-refractivity contribution in [2.45, 2.75) is 52.5 Å². The number of fused-ring (bicyclic) bond motifs is 1. The molecular weight excluding hydrogens is 240 g/mol. The summed E-state index contributed by atoms with van der Waals surface area (Å²) in [5, 5.41) is 4.58. The molecule has 3 heteroatoms. The quantitative estimate of drug-likeness (QED) is 0.742. The Balaban J connectivity index is 2.01. The zero-order valence-corrected chi connectivity index (χ0v) is 12.3. The molecule has 2 nitrogen and oxygen atoms in total. The van der Waals surface area contributed by atoms with Crippen molar-refractivity contribution in [1.82, 2.24) is 4.98 Å². The van der Waals surface area contributed by atoms with Crippen LogP contribution in [0.25, 0.3) is 10.2 Å². The van der Waals surface area contributed by atoms with Crippen molar-refractivity contribution in [2.75, 3.05) is 5.32 Å². The normalized spacial score (nSPS) is 12.8. The zero-order valence-electron chi connectivity index (χ0n) is 11.5. The van der Waals surface area contributed by atoms with Crippen molar-refractivity contribution >= 4 is 26.7 Å². The Morgan fingerprint density at radius 2 is 2.17 bits per heavy atom. The number of rotatable bonds is 6. The predicted molar refractivity (Wildman–Crippen MR) is 81.6 cm³/mol. The molecule has 0 fully saturated rings. The van der Waals surface area contributed by atoms with Crippen LogP contribution in [0.5, 0.6) is 0 Å². The van der Waals surface area contributed by atoms with Gasteiger partial charge in [-0.05, 0) is 31.9 Å². The number of nitrogens with zero attached hydrogens (tertiary/aromatic N) is 1. The molecule has 1 N–H and O–H groups in total. The summed E-state index contributed by atoms with van der Waals surface area (Å²) in [5.41, 5.74) is 2.40. The Bertz CT molecular complexity index is 504. The molecule has 1 aromatic carbocycles. The largest absolute Gasteiger partial charge is 0.359 e. The van der Waals surface area contributed by atoms with E-state index in [0.717, 1.165) is 10.6 Å². The van der Waals surface area contributed by atoms with E-state index in [2.05, 4.69) is 49.3 Å². The minimum atomic E-state index is 0.511. The molecule has 0 amide bonds. The fourth-order valence-corrected chi connectivity index (χ4v) is 3.19. The number of aromatic nitrogens is 1. The first-order valence-corrected chi connectivity index (χ1v) is 7.65. The third-order valence-corrected chi connectivity index (χ3v) is 4.18. The van der Waals surface area contributed by atoms with Gasteiger partial charge in [0.05, 0.1) is 10.2 Å². The van der Waals surface area contributed by atoms with E-state index >= 15 is 0 Å². The number of unbranched alkanes of at least 4 members (excludes halogenated alkanes) is 2. The number of hydrogen-bond donors (Lipinski definition) is 1. The maximum Gasteiger partial charge on any atom is 0.184 e. The van der Waals surface area contributed by atoms with Gasteiger partial charge in [0.1, 0.15) is 0 Å². The van der Waals surface area contributed by atoms with E-state index in [4.69, 9.17) is 0 Å². The van der Waals surface area contributed by atoms with Gasteiger partial charge < -0.3 is 5.32 Å². The van der Waals surface area contributed by atoms with Gasteiger partial charge in [0.2, 0.25) is 0 Å². The summed E-state index contributed by atoms with van der Waals surface area (Å²) in [6, 6.07) is 6.88. The number of thiazole rings is 1. The summed E-state index contributed by atoms with van der Waals surface area (Å²) in [4.78, 5) is 4.69. The Kier molecular flexibility index (Phi) is 4.59. The lowest BCUT2D eigenvalue weighted by molar-refractivity contribution is 0.615. The topological polar surface area (TPSA) is 24.9 Å². The molecule has 98 valence electrons. The van der Waals surface area contributed by atoms with Crippen molar-refractivity contribution in [3.05, 3.63) is 23.8 Å². The van der Waals surface area contributed by atoms with Crippen molar-refractivity contribution in [1.29, 1.82) is 0 Å². The van der Waals surface area contributed by atoms with Crippen molar-refractivity contribution in [3.8, 4) is 0 Å². The van der Waals surface area contributed by atoms with Gasteiger partial charge in [0.25, 0.3) is 0 Å². The van der Waals surface area contributed by atoms with Crippen molar-refractivity contribution < 1.29 is 0 Å². The average molecular weight is 262 g/mol. The smallest absolute Gasteiger partial charge is 0.184 e. The van der Waals surface area contributed by atoms with E-state index in [1.54, 1.807) is 11.3 Å². The SMILES string of the molecule is CCCCCC(C)Nc1nc2c(C)cccc2s1. The van der Waals surface area contributed by atoms with Crippen LogP contribution in [0.1, 0.15) is 45.1 Å². The molecule has 0 saturated carbocycles. The molecule has 18 heavy (non-hydrogen) atoms. The summed E-state index contributed by atoms with van der Waals surface area (Å²) >= 11 is 1.76. The second kappa shape index (κ2) is 6.19. The fourth-order valence-electron chi connectivity index (χ4n) is 2.13. The Morgan fingerprint density at radius 1 is 1.33 bits per heavy atom. The second-order valence-electron chi connectivity index (χ2n) is 4.98. The lowest BCUT2D eigenvalue weighted by Gasteiger charge is -2.11. The first-order chi connectivity index (χ1) is 8.70. The molecule has 1 unspecified atom stereocenters. The van der Waals surface area contributed by atoms with Crippen molar-refractivity contribution in [2.24, 2.45) is 0 Å². The predicted octanol–water partition coefficient (Wildman–Crippen LogP) is 4.99. The van der Waals surface area contributed by atoms with E-state index < -0.39 is 0 Å². The highest BCUT2D eigenvalue weighted by Crippen LogP contribution is 2.28. The van der Waals surface area contributed by atoms with E-state index in [1.807, 2.05) is 0 Å². The van der Waals surface area contributed by atoms with Crippen LogP contribution in [-0.4, -0.2) is 11.0 Å². The van der Waals surface area contributed by atoms with Gasteiger partial charge in [-0.25, -0.2) is 4.98 Å². The summed E-state index contributed by atoms with van der Waals surface area (Å²) in [5.74, 6) is 0. The third-order valence-electron chi connectivity index (χ3n) is 3.23. The van der Waals surface area contributed by atoms with E-state index in [1.165, 1.54) is 35.9 Å². The lowest BCUT2D eigenvalue weighted by atomic mass is 10.1. The molecule has 1 aromatic heterocycles. The Hall–Kier alpha value is -1.09. The number of aryl methyl sites for hydroxylation is 1. The van der Waals surface area contributed by atoms with Crippen LogP contribution < -0.4 is 5.32 Å². The molecule has 0 bridgehead atoms. The molecule has 2 rings (SSSR count). The maximum absolute atomic E-state index is 4.69. The average Bonchev–Trinajstić information content (AvgIpc) is 2.73. The summed E-state index contributed by atoms with van der Waals surface area (Å²) in [6.07, 6.45) is 5.13. The third kappa shape index (κ3) is 3.22. The molecule has 0 aliphatic heterocycles. The first-order valence-electron chi connectivity index (χ1n) is 6.83. The van der Waals surface area contributed by atoms with Crippen LogP contribution >= 0.6 is 11.3 Å². The van der Waals surface area contributed by atoms with Gasteiger partial charge in [-0.15, -0.1) is 0 Å². The molecular formula is C15H22N2S. The number of para-hydroxylation sites is 1. The molecule has 0 aliphatic rings. The van der Waals surface area contributed by atoms with Crippen LogP contribution in [-0.2, 0) is 0 Å². The molecule has 2 aromatic rings. The lowest BCUT2D eigenvalue weighted by Crippen LogP contribution is -2.14. The maximum atomic E-state index is 4.69. The summed E-state index contributed by atoms with van der Waals surface area (Å²) < 4.78 is 1.28. The van der Waals surface area contributed by atoms with Gasteiger partial charge in [-0.2, -0.15) is 0 Å². The second-order valence-corrected chi connectivity index (χ2v) is 6.01. The molecule has 0 radical (unpaired) electrons. The van der Waals surface area contributed by atoms with Gasteiger partial charge in [0, 0.05) is 6.04 Å². The van der Waals surface area contributed by atoms with Crippen molar-refractivity contribution in [3.63, 3.8) is 0 Å². The van der Waals surface area contributed by atoms with Crippen LogP contribution in [0.2, 0.25) is 0 Å². The van der Waals surface area contributed by atoms with Gasteiger partial charge in [-0.3, -0.25) is 0 Å². The van der Waals surface area contributed by atoms with Crippen LogP contribution in [0, 0.1) is 6.92 Å². The molecule has 1 atom stereocenters. The van der Waals surface area contributed by atoms with Crippen LogP contribution in [0.15, 0.2) is 18.2 Å². The van der Waals surface area contributed by atoms with Crippen LogP contribution in [0.3, 0.4) is 0 Å². The first kappa shape index (κ1) is 13.3. The summed E-state index contributed by atoms with van der Waals surface area (Å²) in [7, 11) is 0. The number of hydrogen-bond acceptors (Lipinski definition) is 3.